The van der Waals surface area contributed by atoms with Gasteiger partial charge >= 0.3 is 5.97 Å². The second kappa shape index (κ2) is 8.05. The maximum Gasteiger partial charge on any atom is 0.303 e. The predicted molar refractivity (Wildman–Crippen MR) is 104 cm³/mol. The van der Waals surface area contributed by atoms with Gasteiger partial charge < -0.3 is 10.4 Å². The average Bonchev–Trinajstić information content (AvgIpc) is 2.97. The summed E-state index contributed by atoms with van der Waals surface area (Å²) >= 11 is 5.97. The summed E-state index contributed by atoms with van der Waals surface area (Å²) in [5.41, 5.74) is 3.17. The molecule has 0 aliphatic rings. The number of hydrogen-bond donors (Lipinski definition) is 2. The number of amides is 1. The molecule has 6 nitrogen and oxygen atoms in total. The van der Waals surface area contributed by atoms with E-state index in [-0.39, 0.29) is 18.7 Å². The third-order valence-electron chi connectivity index (χ3n) is 4.02. The lowest BCUT2D eigenvalue weighted by atomic mass is 10.1. The molecule has 0 atom stereocenters. The van der Waals surface area contributed by atoms with Gasteiger partial charge in [-0.2, -0.15) is 5.10 Å². The van der Waals surface area contributed by atoms with Crippen LogP contribution in [0.5, 0.6) is 0 Å². The Bertz CT molecular complexity index is 966. The summed E-state index contributed by atoms with van der Waals surface area (Å²) < 4.78 is 1.63. The fourth-order valence-corrected chi connectivity index (χ4v) is 2.90. The molecule has 0 aliphatic carbocycles. The summed E-state index contributed by atoms with van der Waals surface area (Å²) in [6.45, 7) is 1.86. The number of carbonyl (C=O) groups excluding carboxylic acids is 1. The van der Waals surface area contributed by atoms with Gasteiger partial charge in [-0.1, -0.05) is 41.9 Å². The molecule has 0 spiro atoms. The Hall–Kier alpha value is -3.12. The zero-order chi connectivity index (χ0) is 19.4. The van der Waals surface area contributed by atoms with Crippen molar-refractivity contribution in [1.82, 2.24) is 9.78 Å². The number of anilines is 1. The van der Waals surface area contributed by atoms with Gasteiger partial charge in [-0.15, -0.1) is 0 Å². The van der Waals surface area contributed by atoms with Gasteiger partial charge in [0, 0.05) is 17.0 Å². The fourth-order valence-electron chi connectivity index (χ4n) is 2.78. The Balaban J connectivity index is 2.07. The van der Waals surface area contributed by atoms with Crippen molar-refractivity contribution in [3.8, 4) is 16.8 Å². The van der Waals surface area contributed by atoms with Crippen LogP contribution in [0.25, 0.3) is 16.8 Å². The molecule has 2 aromatic carbocycles. The Morgan fingerprint density at radius 1 is 1.07 bits per heavy atom. The van der Waals surface area contributed by atoms with Crippen molar-refractivity contribution in [3.05, 3.63) is 65.3 Å². The molecule has 0 saturated carbocycles. The summed E-state index contributed by atoms with van der Waals surface area (Å²) in [6, 6.07) is 16.7. The Labute approximate surface area is 161 Å². The van der Waals surface area contributed by atoms with Gasteiger partial charge in [0.2, 0.25) is 5.91 Å². The number of aryl methyl sites for hydroxylation is 1. The molecule has 138 valence electrons. The van der Waals surface area contributed by atoms with Crippen LogP contribution in [-0.2, 0) is 9.59 Å². The van der Waals surface area contributed by atoms with Crippen molar-refractivity contribution in [2.45, 2.75) is 19.8 Å². The number of carbonyl (C=O) groups is 2. The number of halogens is 1. The van der Waals surface area contributed by atoms with Crippen LogP contribution in [0.4, 0.5) is 5.82 Å². The highest BCUT2D eigenvalue weighted by atomic mass is 35.5. The SMILES string of the molecule is Cc1nn(-c2ccc(Cl)cc2)c(NC(=O)CCC(=O)O)c1-c1ccccc1. The largest absolute Gasteiger partial charge is 0.481 e. The van der Waals surface area contributed by atoms with Crippen LogP contribution in [0, 0.1) is 6.92 Å². The lowest BCUT2D eigenvalue weighted by Gasteiger charge is -2.11. The second-order valence-electron chi connectivity index (χ2n) is 6.01. The highest BCUT2D eigenvalue weighted by Gasteiger charge is 2.20. The molecule has 1 aromatic heterocycles. The molecule has 2 N–H and O–H groups in total. The second-order valence-corrected chi connectivity index (χ2v) is 6.44. The van der Waals surface area contributed by atoms with Crippen molar-refractivity contribution >= 4 is 29.3 Å². The minimum atomic E-state index is -1.02. The highest BCUT2D eigenvalue weighted by Crippen LogP contribution is 2.33. The third-order valence-corrected chi connectivity index (χ3v) is 4.27. The van der Waals surface area contributed by atoms with Crippen molar-refractivity contribution < 1.29 is 14.7 Å². The number of nitrogens with one attached hydrogen (secondary N) is 1. The summed E-state index contributed by atoms with van der Waals surface area (Å²) in [7, 11) is 0. The molecular formula is C20H18ClN3O3. The fraction of sp³-hybridized carbons (Fsp3) is 0.150. The first kappa shape index (κ1) is 18.7. The Morgan fingerprint density at radius 3 is 2.37 bits per heavy atom. The van der Waals surface area contributed by atoms with E-state index in [2.05, 4.69) is 10.4 Å². The Kier molecular flexibility index (Phi) is 5.57. The van der Waals surface area contributed by atoms with Gasteiger partial charge in [0.1, 0.15) is 5.82 Å². The van der Waals surface area contributed by atoms with E-state index in [1.165, 1.54) is 0 Å². The molecule has 3 rings (SSSR count). The number of aromatic nitrogens is 2. The van der Waals surface area contributed by atoms with Crippen LogP contribution in [0.1, 0.15) is 18.5 Å². The zero-order valence-corrected chi connectivity index (χ0v) is 15.4. The van der Waals surface area contributed by atoms with E-state index in [1.807, 2.05) is 37.3 Å². The van der Waals surface area contributed by atoms with E-state index in [1.54, 1.807) is 28.9 Å². The van der Waals surface area contributed by atoms with E-state index < -0.39 is 5.97 Å². The molecule has 1 heterocycles. The van der Waals surface area contributed by atoms with E-state index in [0.29, 0.717) is 10.8 Å². The summed E-state index contributed by atoms with van der Waals surface area (Å²) in [4.78, 5) is 23.1. The maximum atomic E-state index is 12.3. The molecule has 0 fully saturated rings. The molecule has 0 aliphatic heterocycles. The number of carboxylic acids is 1. The van der Waals surface area contributed by atoms with Crippen LogP contribution in [0.15, 0.2) is 54.6 Å². The van der Waals surface area contributed by atoms with Crippen molar-refractivity contribution in [1.29, 1.82) is 0 Å². The highest BCUT2D eigenvalue weighted by molar-refractivity contribution is 6.30. The molecule has 0 bridgehead atoms. The standard InChI is InChI=1S/C20H18ClN3O3/c1-13-19(14-5-3-2-4-6-14)20(22-17(25)11-12-18(26)27)24(23-13)16-9-7-15(21)8-10-16/h2-10H,11-12H2,1H3,(H,22,25)(H,26,27). The van der Waals surface area contributed by atoms with Crippen LogP contribution in [0.2, 0.25) is 5.02 Å². The first-order valence-corrected chi connectivity index (χ1v) is 8.76. The molecular weight excluding hydrogens is 366 g/mol. The first-order valence-electron chi connectivity index (χ1n) is 8.38. The van der Waals surface area contributed by atoms with E-state index in [4.69, 9.17) is 16.7 Å². The zero-order valence-electron chi connectivity index (χ0n) is 14.6. The number of carboxylic acid groups (broad SMARTS) is 1. The molecule has 0 unspecified atom stereocenters. The van der Waals surface area contributed by atoms with E-state index >= 15 is 0 Å². The number of rotatable bonds is 6. The minimum Gasteiger partial charge on any atom is -0.481 e. The number of nitrogens with zero attached hydrogens (tertiary/aromatic N) is 2. The lowest BCUT2D eigenvalue weighted by molar-refractivity contribution is -0.138. The summed E-state index contributed by atoms with van der Waals surface area (Å²) in [5, 5.41) is 16.8. The van der Waals surface area contributed by atoms with Crippen LogP contribution in [-0.4, -0.2) is 26.8 Å². The normalized spacial score (nSPS) is 10.6. The van der Waals surface area contributed by atoms with Gasteiger partial charge in [-0.05, 0) is 36.8 Å². The van der Waals surface area contributed by atoms with Crippen LogP contribution in [0.3, 0.4) is 0 Å². The maximum absolute atomic E-state index is 12.3. The smallest absolute Gasteiger partial charge is 0.303 e. The van der Waals surface area contributed by atoms with Gasteiger partial charge in [-0.25, -0.2) is 4.68 Å². The average molecular weight is 384 g/mol. The van der Waals surface area contributed by atoms with Crippen LogP contribution < -0.4 is 5.32 Å². The third kappa shape index (κ3) is 4.35. The van der Waals surface area contributed by atoms with Gasteiger partial charge in [0.15, 0.2) is 0 Å². The molecule has 7 heteroatoms. The number of aliphatic carboxylic acids is 1. The van der Waals surface area contributed by atoms with E-state index in [0.717, 1.165) is 22.5 Å². The summed E-state index contributed by atoms with van der Waals surface area (Å²) in [6.07, 6.45) is -0.352. The lowest BCUT2D eigenvalue weighted by Crippen LogP contribution is -2.16. The molecule has 0 saturated heterocycles. The van der Waals surface area contributed by atoms with Crippen molar-refractivity contribution in [2.75, 3.05) is 5.32 Å². The predicted octanol–water partition coefficient (Wildman–Crippen LogP) is 4.30. The number of hydrogen-bond acceptors (Lipinski definition) is 3. The van der Waals surface area contributed by atoms with Gasteiger partial charge in [0.25, 0.3) is 0 Å². The van der Waals surface area contributed by atoms with E-state index in [9.17, 15) is 9.59 Å². The topological polar surface area (TPSA) is 84.2 Å². The first-order chi connectivity index (χ1) is 13.0. The van der Waals surface area contributed by atoms with Crippen molar-refractivity contribution in [3.63, 3.8) is 0 Å². The Morgan fingerprint density at radius 2 is 1.74 bits per heavy atom. The number of benzene rings is 2. The molecule has 27 heavy (non-hydrogen) atoms. The van der Waals surface area contributed by atoms with Gasteiger partial charge in [-0.3, -0.25) is 9.59 Å². The molecule has 0 radical (unpaired) electrons. The van der Waals surface area contributed by atoms with Gasteiger partial charge in [0.05, 0.1) is 17.8 Å². The van der Waals surface area contributed by atoms with Crippen LogP contribution >= 0.6 is 11.6 Å². The van der Waals surface area contributed by atoms with Crippen molar-refractivity contribution in [2.24, 2.45) is 0 Å². The molecule has 3 aromatic rings. The monoisotopic (exact) mass is 383 g/mol. The molecule has 1 amide bonds. The quantitative estimate of drug-likeness (QED) is 0.664. The minimum absolute atomic E-state index is 0.117. The summed E-state index contributed by atoms with van der Waals surface area (Å²) in [5.74, 6) is -0.906.